The molecule has 0 bridgehead atoms. The molecule has 0 saturated heterocycles. The first kappa shape index (κ1) is 39.8. The molecule has 54 heavy (non-hydrogen) atoms. The van der Waals surface area contributed by atoms with Crippen molar-refractivity contribution in [2.75, 3.05) is 12.3 Å². The number of alkyl halides is 4. The summed E-state index contributed by atoms with van der Waals surface area (Å²) in [5.41, 5.74) is 5.82. The van der Waals surface area contributed by atoms with Crippen LogP contribution in [0.1, 0.15) is 54.6 Å². The Morgan fingerprint density at radius 1 is 0.852 bits per heavy atom. The normalized spacial score (nSPS) is 11.5. The molecule has 5 aromatic rings. The minimum Gasteiger partial charge on any atom is -0.478 e. The fourth-order valence-electron chi connectivity index (χ4n) is 4.35. The molecule has 0 unspecified atom stereocenters. The molecule has 2 heterocycles. The van der Waals surface area contributed by atoms with Crippen molar-refractivity contribution in [3.63, 3.8) is 0 Å². The van der Waals surface area contributed by atoms with Gasteiger partial charge in [0.25, 0.3) is 5.91 Å². The molecule has 0 aliphatic rings. The summed E-state index contributed by atoms with van der Waals surface area (Å²) in [6.07, 6.45) is 7.27. The van der Waals surface area contributed by atoms with E-state index >= 15 is 0 Å². The molecule has 0 aliphatic carbocycles. The number of aliphatic hydroxyl groups excluding tert-OH is 1. The van der Waals surface area contributed by atoms with Gasteiger partial charge >= 0.3 is 19.2 Å². The van der Waals surface area contributed by atoms with Gasteiger partial charge in [-0.1, -0.05) is 24.0 Å². The van der Waals surface area contributed by atoms with Gasteiger partial charge in [-0.05, 0) is 60.2 Å². The van der Waals surface area contributed by atoms with E-state index in [-0.39, 0.29) is 45.3 Å². The number of nitrogens with two attached hydrogens (primary N) is 1. The van der Waals surface area contributed by atoms with Crippen molar-refractivity contribution in [3.8, 4) is 23.3 Å². The number of hydrogen-bond donors (Lipinski definition) is 4. The second-order valence-corrected chi connectivity index (χ2v) is 10.5. The first-order valence-corrected chi connectivity index (χ1v) is 15.1. The zero-order valence-corrected chi connectivity index (χ0v) is 27.3. The van der Waals surface area contributed by atoms with Crippen molar-refractivity contribution in [1.29, 1.82) is 0 Å². The van der Waals surface area contributed by atoms with E-state index in [0.717, 1.165) is 54.9 Å². The number of aliphatic hydroxyl groups is 1. The van der Waals surface area contributed by atoms with E-state index in [2.05, 4.69) is 46.6 Å². The van der Waals surface area contributed by atoms with Gasteiger partial charge in [-0.15, -0.1) is 0 Å². The van der Waals surface area contributed by atoms with Crippen molar-refractivity contribution in [3.05, 3.63) is 137 Å². The van der Waals surface area contributed by atoms with Crippen molar-refractivity contribution in [1.82, 2.24) is 25.3 Å². The number of aromatic nitrogens is 4. The van der Waals surface area contributed by atoms with Gasteiger partial charge in [0, 0.05) is 41.5 Å². The molecule has 2 aromatic heterocycles. The smallest absolute Gasteiger partial charge is 0.387 e. The SMILES string of the molecule is Nc1ncc(/C(F)=C/c2cc(C(=O)N[C@H](CO)c3cccc(F)c3)ccc2OC(F)F)cn1.O=C(O)c1ccc(OC(F)F)c(C#Cc2cncnc2)c1. The van der Waals surface area contributed by atoms with Gasteiger partial charge in [-0.25, -0.2) is 33.5 Å². The van der Waals surface area contributed by atoms with Crippen LogP contribution in [0.3, 0.4) is 0 Å². The van der Waals surface area contributed by atoms with Gasteiger partial charge in [0.05, 0.1) is 29.3 Å². The Labute approximate surface area is 302 Å². The predicted octanol–water partition coefficient (Wildman–Crippen LogP) is 5.91. The molecule has 3 aromatic carbocycles. The number of nitrogens with one attached hydrogen (secondary N) is 1. The van der Waals surface area contributed by atoms with Gasteiger partial charge in [0.2, 0.25) is 5.95 Å². The third-order valence-corrected chi connectivity index (χ3v) is 6.80. The summed E-state index contributed by atoms with van der Waals surface area (Å²) < 4.78 is 87.1. The van der Waals surface area contributed by atoms with Crippen LogP contribution in [0.4, 0.5) is 32.3 Å². The van der Waals surface area contributed by atoms with E-state index in [0.29, 0.717) is 11.1 Å². The molecule has 0 saturated carbocycles. The fraction of sp³-hybridized carbons (Fsp3) is 0.111. The number of amides is 1. The van der Waals surface area contributed by atoms with Crippen LogP contribution >= 0.6 is 0 Å². The van der Waals surface area contributed by atoms with E-state index < -0.39 is 49.4 Å². The summed E-state index contributed by atoms with van der Waals surface area (Å²) in [5, 5.41) is 21.0. The topological polar surface area (TPSA) is 183 Å². The number of rotatable bonds is 11. The van der Waals surface area contributed by atoms with Gasteiger partial charge in [-0.2, -0.15) is 17.6 Å². The number of carboxylic acid groups (broad SMARTS) is 1. The Hall–Kier alpha value is -7.00. The average Bonchev–Trinajstić information content (AvgIpc) is 3.14. The molecule has 0 radical (unpaired) electrons. The second-order valence-electron chi connectivity index (χ2n) is 10.5. The van der Waals surface area contributed by atoms with E-state index in [1.807, 2.05) is 0 Å². The molecule has 0 aliphatic heterocycles. The summed E-state index contributed by atoms with van der Waals surface area (Å²) in [7, 11) is 0. The monoisotopic (exact) mass is 752 g/mol. The number of hydrogen-bond acceptors (Lipinski definition) is 10. The Morgan fingerprint density at radius 2 is 1.50 bits per heavy atom. The lowest BCUT2D eigenvalue weighted by molar-refractivity contribution is -0.0506. The van der Waals surface area contributed by atoms with Crippen LogP contribution in [0, 0.1) is 17.7 Å². The quantitative estimate of drug-likeness (QED) is 0.0931. The maximum Gasteiger partial charge on any atom is 0.387 e. The zero-order valence-electron chi connectivity index (χ0n) is 27.3. The van der Waals surface area contributed by atoms with Gasteiger partial charge in [0.1, 0.15) is 29.5 Å². The van der Waals surface area contributed by atoms with Crippen LogP contribution in [0.2, 0.25) is 0 Å². The van der Waals surface area contributed by atoms with Crippen LogP contribution in [-0.4, -0.2) is 61.9 Å². The number of carbonyl (C=O) groups excluding carboxylic acids is 1. The number of nitrogen functional groups attached to an aromatic ring is 1. The highest BCUT2D eigenvalue weighted by Gasteiger charge is 2.19. The number of aromatic carboxylic acids is 1. The standard InChI is InChI=1S/C22H18F4N4O3.C14H8F2N2O3/c23-16-3-1-2-12(7-16)18(11-31)30-20(32)13-4-5-19(33-21(25)26)14(6-13)8-17(24)15-9-28-22(27)29-10-15;15-14(16)21-12-4-3-11(13(19)20)5-10(12)2-1-9-6-17-8-18-7-9/h1-10,18,21,31H,11H2,(H,30,32)(H2,27,28,29);3-8,14H,(H,19,20)/b17-8-;/t18-;/m1./s1. The minimum absolute atomic E-state index is 0.0408. The molecule has 1 amide bonds. The van der Waals surface area contributed by atoms with E-state index in [1.54, 1.807) is 0 Å². The molecule has 5 N–H and O–H groups in total. The Morgan fingerprint density at radius 3 is 2.13 bits per heavy atom. The lowest BCUT2D eigenvalue weighted by Gasteiger charge is -2.17. The van der Waals surface area contributed by atoms with Crippen LogP contribution in [0.5, 0.6) is 11.5 Å². The van der Waals surface area contributed by atoms with Crippen LogP contribution in [0.25, 0.3) is 11.9 Å². The number of nitrogens with zero attached hydrogens (tertiary/aromatic N) is 4. The predicted molar refractivity (Wildman–Crippen MR) is 180 cm³/mol. The van der Waals surface area contributed by atoms with Crippen molar-refractivity contribution in [2.45, 2.75) is 19.3 Å². The summed E-state index contributed by atoms with van der Waals surface area (Å²) in [6, 6.07) is 11.2. The van der Waals surface area contributed by atoms with Gasteiger partial charge in [0.15, 0.2) is 0 Å². The molecule has 1 atom stereocenters. The average molecular weight is 753 g/mol. The maximum absolute atomic E-state index is 14.7. The lowest BCUT2D eigenvalue weighted by Crippen LogP contribution is -2.30. The first-order chi connectivity index (χ1) is 25.8. The van der Waals surface area contributed by atoms with Gasteiger partial charge in [-0.3, -0.25) is 4.79 Å². The molecule has 5 rings (SSSR count). The first-order valence-electron chi connectivity index (χ1n) is 15.1. The van der Waals surface area contributed by atoms with Crippen LogP contribution in [-0.2, 0) is 0 Å². The molecule has 18 heteroatoms. The van der Waals surface area contributed by atoms with Crippen molar-refractivity contribution >= 4 is 29.7 Å². The highest BCUT2D eigenvalue weighted by Crippen LogP contribution is 2.28. The molecule has 0 fully saturated rings. The molecule has 278 valence electrons. The summed E-state index contributed by atoms with van der Waals surface area (Å²) in [6.45, 7) is -6.74. The second kappa shape index (κ2) is 19.0. The number of anilines is 1. The molecular weight excluding hydrogens is 726 g/mol. The van der Waals surface area contributed by atoms with E-state index in [9.17, 15) is 41.0 Å². The van der Waals surface area contributed by atoms with Crippen molar-refractivity contribution in [2.24, 2.45) is 0 Å². The summed E-state index contributed by atoms with van der Waals surface area (Å²) >= 11 is 0. The number of ether oxygens (including phenoxy) is 2. The highest BCUT2D eigenvalue weighted by molar-refractivity contribution is 5.96. The molecular formula is C36H26F6N6O6. The molecule has 12 nitrogen and oxygen atoms in total. The number of benzene rings is 3. The Bertz CT molecular complexity index is 2170. The Balaban J connectivity index is 0.000000266. The van der Waals surface area contributed by atoms with E-state index in [4.69, 9.17) is 10.8 Å². The fourth-order valence-corrected chi connectivity index (χ4v) is 4.35. The number of halogens is 6. The van der Waals surface area contributed by atoms with Crippen LogP contribution in [0.15, 0.2) is 91.8 Å². The Kier molecular flexibility index (Phi) is 14.0. The van der Waals surface area contributed by atoms with E-state index in [1.165, 1.54) is 43.0 Å². The third-order valence-electron chi connectivity index (χ3n) is 6.80. The maximum atomic E-state index is 14.7. The number of carboxylic acids is 1. The van der Waals surface area contributed by atoms with Crippen LogP contribution < -0.4 is 20.5 Å². The number of carbonyl (C=O) groups is 2. The van der Waals surface area contributed by atoms with Crippen molar-refractivity contribution < 1.29 is 55.6 Å². The van der Waals surface area contributed by atoms with Gasteiger partial charge < -0.3 is 30.7 Å². The lowest BCUT2D eigenvalue weighted by atomic mass is 10.0. The molecule has 0 spiro atoms. The summed E-state index contributed by atoms with van der Waals surface area (Å²) in [4.78, 5) is 38.4. The zero-order chi connectivity index (χ0) is 39.2. The summed E-state index contributed by atoms with van der Waals surface area (Å²) in [5.74, 6) is 1.23. The highest BCUT2D eigenvalue weighted by atomic mass is 19.3. The largest absolute Gasteiger partial charge is 0.478 e. The third kappa shape index (κ3) is 11.8. The minimum atomic E-state index is -3.19.